The predicted molar refractivity (Wildman–Crippen MR) is 127 cm³/mol. The molecule has 0 unspecified atom stereocenters. The highest BCUT2D eigenvalue weighted by Gasteiger charge is 2.39. The van der Waals surface area contributed by atoms with Gasteiger partial charge in [-0.3, -0.25) is 14.5 Å². The SMILES string of the molecule is O=C1S[C@@H](Cc2ccc(OCc3ccc(Cl)cc3)c(Br)c2)C(=O)N1Cc1ccc(F)cc1. The molecule has 0 radical (unpaired) electrons. The fourth-order valence-corrected chi connectivity index (χ4v) is 4.98. The maximum absolute atomic E-state index is 13.1. The molecule has 4 rings (SSSR count). The lowest BCUT2D eigenvalue weighted by Gasteiger charge is -2.14. The van der Waals surface area contributed by atoms with E-state index in [-0.39, 0.29) is 23.5 Å². The van der Waals surface area contributed by atoms with Crippen LogP contribution in [0.1, 0.15) is 16.7 Å². The van der Waals surface area contributed by atoms with Gasteiger partial charge >= 0.3 is 0 Å². The molecule has 3 aromatic carbocycles. The highest BCUT2D eigenvalue weighted by atomic mass is 79.9. The molecule has 164 valence electrons. The predicted octanol–water partition coefficient (Wildman–Crippen LogP) is 6.63. The molecule has 1 aliphatic rings. The van der Waals surface area contributed by atoms with E-state index in [2.05, 4.69) is 15.9 Å². The van der Waals surface area contributed by atoms with Gasteiger partial charge in [0, 0.05) is 5.02 Å². The van der Waals surface area contributed by atoms with Crippen molar-refractivity contribution in [2.75, 3.05) is 0 Å². The molecule has 1 saturated heterocycles. The Hall–Kier alpha value is -2.35. The topological polar surface area (TPSA) is 46.6 Å². The van der Waals surface area contributed by atoms with Crippen molar-refractivity contribution < 1.29 is 18.7 Å². The summed E-state index contributed by atoms with van der Waals surface area (Å²) in [7, 11) is 0. The highest BCUT2D eigenvalue weighted by Crippen LogP contribution is 2.33. The number of benzene rings is 3. The first-order valence-corrected chi connectivity index (χ1v) is 11.9. The summed E-state index contributed by atoms with van der Waals surface area (Å²) in [6.07, 6.45) is 0.422. The average Bonchev–Trinajstić information content (AvgIpc) is 3.03. The number of carbonyl (C=O) groups is 2. The lowest BCUT2D eigenvalue weighted by atomic mass is 10.1. The summed E-state index contributed by atoms with van der Waals surface area (Å²) in [4.78, 5) is 26.4. The molecule has 32 heavy (non-hydrogen) atoms. The molecule has 0 aliphatic carbocycles. The molecular weight excluding hydrogens is 517 g/mol. The van der Waals surface area contributed by atoms with Gasteiger partial charge in [0.15, 0.2) is 0 Å². The molecule has 0 saturated carbocycles. The van der Waals surface area contributed by atoms with Gasteiger partial charge in [0.1, 0.15) is 18.2 Å². The molecule has 1 heterocycles. The van der Waals surface area contributed by atoms with Gasteiger partial charge in [0.25, 0.3) is 5.24 Å². The van der Waals surface area contributed by atoms with Crippen molar-refractivity contribution in [2.45, 2.75) is 24.8 Å². The van der Waals surface area contributed by atoms with Gasteiger partial charge in [-0.2, -0.15) is 0 Å². The van der Waals surface area contributed by atoms with Gasteiger partial charge < -0.3 is 4.74 Å². The first kappa shape index (κ1) is 22.8. The standard InChI is InChI=1S/C24H18BrClFNO3S/c25-20-11-17(5-10-21(20)31-14-16-1-6-18(26)7-2-16)12-22-23(29)28(24(30)32-22)13-15-3-8-19(27)9-4-15/h1-11,22H,12-14H2/t22-/m0/s1. The molecule has 2 amide bonds. The van der Waals surface area contributed by atoms with Crippen molar-refractivity contribution >= 4 is 50.4 Å². The Labute approximate surface area is 202 Å². The Morgan fingerprint density at radius 1 is 0.969 bits per heavy atom. The molecule has 1 aliphatic heterocycles. The van der Waals surface area contributed by atoms with Crippen LogP contribution in [0.4, 0.5) is 9.18 Å². The van der Waals surface area contributed by atoms with Crippen LogP contribution in [0.5, 0.6) is 5.75 Å². The van der Waals surface area contributed by atoms with Crippen LogP contribution in [-0.4, -0.2) is 21.3 Å². The summed E-state index contributed by atoms with van der Waals surface area (Å²) in [6, 6.07) is 18.9. The number of rotatable bonds is 7. The Morgan fingerprint density at radius 2 is 1.62 bits per heavy atom. The Kier molecular flexibility index (Phi) is 7.18. The monoisotopic (exact) mass is 533 g/mol. The van der Waals surface area contributed by atoms with Gasteiger partial charge in [0.2, 0.25) is 5.91 Å². The first-order chi connectivity index (χ1) is 15.4. The van der Waals surface area contributed by atoms with E-state index in [4.69, 9.17) is 16.3 Å². The van der Waals surface area contributed by atoms with Crippen LogP contribution in [0, 0.1) is 5.82 Å². The van der Waals surface area contributed by atoms with Crippen molar-refractivity contribution in [2.24, 2.45) is 0 Å². The average molecular weight is 535 g/mol. The number of amides is 2. The fourth-order valence-electron chi connectivity index (χ4n) is 3.29. The zero-order valence-corrected chi connectivity index (χ0v) is 19.9. The lowest BCUT2D eigenvalue weighted by Crippen LogP contribution is -2.31. The molecule has 1 fully saturated rings. The summed E-state index contributed by atoms with van der Waals surface area (Å²) >= 11 is 10.5. The van der Waals surface area contributed by atoms with E-state index >= 15 is 0 Å². The van der Waals surface area contributed by atoms with Gasteiger partial charge in [-0.1, -0.05) is 53.7 Å². The van der Waals surface area contributed by atoms with Crippen molar-refractivity contribution in [1.82, 2.24) is 4.90 Å². The van der Waals surface area contributed by atoms with Crippen molar-refractivity contribution in [1.29, 1.82) is 0 Å². The largest absolute Gasteiger partial charge is 0.488 e. The Balaban J connectivity index is 1.37. The van der Waals surface area contributed by atoms with Crippen LogP contribution in [0.3, 0.4) is 0 Å². The van der Waals surface area contributed by atoms with Crippen molar-refractivity contribution in [3.05, 3.63) is 98.7 Å². The minimum Gasteiger partial charge on any atom is -0.488 e. The van der Waals surface area contributed by atoms with Gasteiger partial charge in [-0.25, -0.2) is 4.39 Å². The molecule has 0 aromatic heterocycles. The Bertz CT molecular complexity index is 1140. The van der Waals surface area contributed by atoms with Gasteiger partial charge in [0.05, 0.1) is 16.3 Å². The van der Waals surface area contributed by atoms with Gasteiger partial charge in [-0.05, 0) is 75.4 Å². The quantitative estimate of drug-likeness (QED) is 0.341. The van der Waals surface area contributed by atoms with Gasteiger partial charge in [-0.15, -0.1) is 0 Å². The summed E-state index contributed by atoms with van der Waals surface area (Å²) in [5.41, 5.74) is 2.62. The summed E-state index contributed by atoms with van der Waals surface area (Å²) in [5, 5.41) is -0.102. The second kappa shape index (κ2) is 10.1. The number of hydrogen-bond donors (Lipinski definition) is 0. The van der Waals surface area contributed by atoms with E-state index in [9.17, 15) is 14.0 Å². The number of hydrogen-bond acceptors (Lipinski definition) is 4. The second-order valence-corrected chi connectivity index (χ2v) is 9.75. The van der Waals surface area contributed by atoms with Crippen LogP contribution in [0.15, 0.2) is 71.2 Å². The number of carbonyl (C=O) groups excluding carboxylic acids is 2. The first-order valence-electron chi connectivity index (χ1n) is 9.81. The third-order valence-electron chi connectivity index (χ3n) is 4.98. The highest BCUT2D eigenvalue weighted by molar-refractivity contribution is 9.10. The maximum atomic E-state index is 13.1. The normalized spacial score (nSPS) is 16.0. The van der Waals surface area contributed by atoms with Crippen molar-refractivity contribution in [3.63, 3.8) is 0 Å². The molecule has 0 bridgehead atoms. The van der Waals surface area contributed by atoms with Crippen LogP contribution >= 0.6 is 39.3 Å². The van der Waals surface area contributed by atoms with E-state index in [0.29, 0.717) is 29.4 Å². The number of nitrogens with zero attached hydrogens (tertiary/aromatic N) is 1. The number of halogens is 3. The number of ether oxygens (including phenoxy) is 1. The second-order valence-electron chi connectivity index (χ2n) is 7.31. The lowest BCUT2D eigenvalue weighted by molar-refractivity contribution is -0.127. The fraction of sp³-hybridized carbons (Fsp3) is 0.167. The van der Waals surface area contributed by atoms with E-state index in [0.717, 1.165) is 27.4 Å². The molecule has 3 aromatic rings. The summed E-state index contributed by atoms with van der Waals surface area (Å²) < 4.78 is 19.7. The zero-order chi connectivity index (χ0) is 22.7. The third-order valence-corrected chi connectivity index (χ3v) is 6.93. The minimum absolute atomic E-state index is 0.141. The van der Waals surface area contributed by atoms with Crippen LogP contribution in [-0.2, 0) is 24.4 Å². The van der Waals surface area contributed by atoms with Crippen LogP contribution in [0.25, 0.3) is 0 Å². The molecule has 1 atom stereocenters. The van der Waals surface area contributed by atoms with E-state index in [1.165, 1.54) is 17.0 Å². The van der Waals surface area contributed by atoms with Crippen LogP contribution < -0.4 is 4.74 Å². The molecule has 4 nitrogen and oxygen atoms in total. The number of thioether (sulfide) groups is 1. The van der Waals surface area contributed by atoms with E-state index in [1.54, 1.807) is 12.1 Å². The van der Waals surface area contributed by atoms with Crippen molar-refractivity contribution in [3.8, 4) is 5.75 Å². The smallest absolute Gasteiger partial charge is 0.289 e. The molecular formula is C24H18BrClFNO3S. The van der Waals surface area contributed by atoms with E-state index in [1.807, 2.05) is 42.5 Å². The molecule has 0 N–H and O–H groups in total. The zero-order valence-electron chi connectivity index (χ0n) is 16.8. The molecule has 8 heteroatoms. The summed E-state index contributed by atoms with van der Waals surface area (Å²) in [6.45, 7) is 0.543. The third kappa shape index (κ3) is 5.52. The summed E-state index contributed by atoms with van der Waals surface area (Å²) in [5.74, 6) is 0.0953. The minimum atomic E-state index is -0.490. The maximum Gasteiger partial charge on any atom is 0.289 e. The Morgan fingerprint density at radius 3 is 2.31 bits per heavy atom. The number of imide groups is 1. The van der Waals surface area contributed by atoms with Crippen LogP contribution in [0.2, 0.25) is 5.02 Å². The van der Waals surface area contributed by atoms with E-state index < -0.39 is 5.25 Å². The molecule has 0 spiro atoms.